The first kappa shape index (κ1) is 16.6. The molecule has 2 unspecified atom stereocenters. The summed E-state index contributed by atoms with van der Waals surface area (Å²) < 4.78 is 18.1. The molecule has 5 heteroatoms. The van der Waals surface area contributed by atoms with Gasteiger partial charge in [-0.25, -0.2) is 0 Å². The van der Waals surface area contributed by atoms with Crippen LogP contribution in [-0.2, 0) is 11.2 Å². The first-order valence-electron chi connectivity index (χ1n) is 7.43. The van der Waals surface area contributed by atoms with E-state index < -0.39 is 0 Å². The van der Waals surface area contributed by atoms with E-state index in [1.807, 2.05) is 6.07 Å². The van der Waals surface area contributed by atoms with Crippen LogP contribution in [0.2, 0.25) is 0 Å². The third-order valence-corrected chi connectivity index (χ3v) is 4.51. The number of hydrogen-bond donors (Lipinski definition) is 1. The molecule has 0 radical (unpaired) electrons. The molecule has 0 saturated heterocycles. The normalized spacial score (nSPS) is 22.1. The maximum absolute atomic E-state index is 6.19. The van der Waals surface area contributed by atoms with Crippen molar-refractivity contribution in [1.29, 1.82) is 0 Å². The summed E-state index contributed by atoms with van der Waals surface area (Å²) >= 11 is 3.59. The van der Waals surface area contributed by atoms with Gasteiger partial charge < -0.3 is 19.9 Å². The van der Waals surface area contributed by atoms with Gasteiger partial charge in [-0.2, -0.15) is 0 Å². The second kappa shape index (κ2) is 8.01. The van der Waals surface area contributed by atoms with Crippen molar-refractivity contribution in [3.63, 3.8) is 0 Å². The van der Waals surface area contributed by atoms with E-state index in [1.54, 1.807) is 14.2 Å². The molecule has 1 aromatic rings. The fourth-order valence-corrected chi connectivity index (χ4v) is 3.37. The standard InChI is InChI=1S/C16H24BrNO3/c1-19-12-4-3-5-13(10-12)21-16-14(17)8-11(6-7-18)9-15(16)20-2/h8-9,12-13H,3-7,10,18H2,1-2H3. The summed E-state index contributed by atoms with van der Waals surface area (Å²) in [6.45, 7) is 0.619. The van der Waals surface area contributed by atoms with E-state index in [2.05, 4.69) is 22.0 Å². The quantitative estimate of drug-likeness (QED) is 0.848. The number of nitrogens with two attached hydrogens (primary N) is 1. The van der Waals surface area contributed by atoms with Crippen LogP contribution in [0.1, 0.15) is 31.2 Å². The van der Waals surface area contributed by atoms with Crippen LogP contribution in [0.15, 0.2) is 16.6 Å². The van der Waals surface area contributed by atoms with Crippen LogP contribution in [0.5, 0.6) is 11.5 Å². The second-order valence-electron chi connectivity index (χ2n) is 5.41. The lowest BCUT2D eigenvalue weighted by atomic mass is 9.95. The van der Waals surface area contributed by atoms with Crippen LogP contribution in [0, 0.1) is 0 Å². The second-order valence-corrected chi connectivity index (χ2v) is 6.27. The molecule has 4 nitrogen and oxygen atoms in total. The largest absolute Gasteiger partial charge is 0.493 e. The van der Waals surface area contributed by atoms with Crippen LogP contribution in [0.3, 0.4) is 0 Å². The summed E-state index contributed by atoms with van der Waals surface area (Å²) in [6.07, 6.45) is 5.53. The minimum atomic E-state index is 0.175. The first-order chi connectivity index (χ1) is 10.2. The lowest BCUT2D eigenvalue weighted by Crippen LogP contribution is -2.29. The molecule has 2 N–H and O–H groups in total. The van der Waals surface area contributed by atoms with Gasteiger partial charge in [0.05, 0.1) is 17.7 Å². The van der Waals surface area contributed by atoms with Gasteiger partial charge in [-0.1, -0.05) is 0 Å². The summed E-state index contributed by atoms with van der Waals surface area (Å²) in [5, 5.41) is 0. The predicted octanol–water partition coefficient (Wildman–Crippen LogP) is 3.30. The van der Waals surface area contributed by atoms with Gasteiger partial charge in [-0.05, 0) is 65.9 Å². The highest BCUT2D eigenvalue weighted by molar-refractivity contribution is 9.10. The van der Waals surface area contributed by atoms with Crippen molar-refractivity contribution >= 4 is 15.9 Å². The molecule has 21 heavy (non-hydrogen) atoms. The van der Waals surface area contributed by atoms with Gasteiger partial charge in [0.1, 0.15) is 6.10 Å². The van der Waals surface area contributed by atoms with Gasteiger partial charge in [-0.3, -0.25) is 0 Å². The van der Waals surface area contributed by atoms with Gasteiger partial charge in [0.2, 0.25) is 0 Å². The number of ether oxygens (including phenoxy) is 3. The molecule has 1 aliphatic rings. The topological polar surface area (TPSA) is 53.7 Å². The average molecular weight is 358 g/mol. The molecule has 2 rings (SSSR count). The highest BCUT2D eigenvalue weighted by Crippen LogP contribution is 2.39. The molecule has 2 atom stereocenters. The maximum atomic E-state index is 6.19. The summed E-state index contributed by atoms with van der Waals surface area (Å²) in [4.78, 5) is 0. The van der Waals surface area contributed by atoms with E-state index in [0.717, 1.165) is 53.6 Å². The zero-order chi connectivity index (χ0) is 15.2. The minimum Gasteiger partial charge on any atom is -0.493 e. The van der Waals surface area contributed by atoms with Crippen molar-refractivity contribution in [3.05, 3.63) is 22.2 Å². The molecule has 1 aliphatic carbocycles. The van der Waals surface area contributed by atoms with Gasteiger partial charge in [0.25, 0.3) is 0 Å². The van der Waals surface area contributed by atoms with Gasteiger partial charge in [0, 0.05) is 13.5 Å². The monoisotopic (exact) mass is 357 g/mol. The fraction of sp³-hybridized carbons (Fsp3) is 0.625. The van der Waals surface area contributed by atoms with Gasteiger partial charge in [-0.15, -0.1) is 0 Å². The minimum absolute atomic E-state index is 0.175. The van der Waals surface area contributed by atoms with E-state index in [-0.39, 0.29) is 6.10 Å². The Bertz CT molecular complexity index is 467. The summed E-state index contributed by atoms with van der Waals surface area (Å²) in [5.41, 5.74) is 6.76. The van der Waals surface area contributed by atoms with E-state index in [1.165, 1.54) is 0 Å². The SMILES string of the molecule is COc1cc(CCN)cc(Br)c1OC1CCCC(OC)C1. The van der Waals surface area contributed by atoms with Crippen LogP contribution in [0.25, 0.3) is 0 Å². The van der Waals surface area contributed by atoms with Crippen LogP contribution >= 0.6 is 15.9 Å². The molecule has 0 heterocycles. The molecule has 1 saturated carbocycles. The average Bonchev–Trinajstić information content (AvgIpc) is 2.50. The number of rotatable bonds is 6. The summed E-state index contributed by atoms with van der Waals surface area (Å²) in [7, 11) is 3.44. The molecule has 0 bridgehead atoms. The zero-order valence-electron chi connectivity index (χ0n) is 12.7. The Balaban J connectivity index is 2.15. The Kier molecular flexibility index (Phi) is 6.33. The fourth-order valence-electron chi connectivity index (χ4n) is 2.79. The van der Waals surface area contributed by atoms with Crippen LogP contribution in [0.4, 0.5) is 0 Å². The Morgan fingerprint density at radius 1 is 1.24 bits per heavy atom. The lowest BCUT2D eigenvalue weighted by Gasteiger charge is -2.29. The van der Waals surface area contributed by atoms with Crippen LogP contribution < -0.4 is 15.2 Å². The third-order valence-electron chi connectivity index (χ3n) is 3.92. The lowest BCUT2D eigenvalue weighted by molar-refractivity contribution is 0.0199. The first-order valence-corrected chi connectivity index (χ1v) is 8.23. The molecular weight excluding hydrogens is 334 g/mol. The van der Waals surface area contributed by atoms with Gasteiger partial charge in [0.15, 0.2) is 11.5 Å². The van der Waals surface area contributed by atoms with Crippen molar-refractivity contribution < 1.29 is 14.2 Å². The molecule has 118 valence electrons. The Labute approximate surface area is 135 Å². The predicted molar refractivity (Wildman–Crippen MR) is 87.1 cm³/mol. The Hall–Kier alpha value is -0.780. The number of benzene rings is 1. The summed E-state index contributed by atoms with van der Waals surface area (Å²) in [6, 6.07) is 4.06. The van der Waals surface area contributed by atoms with Gasteiger partial charge >= 0.3 is 0 Å². The highest BCUT2D eigenvalue weighted by atomic mass is 79.9. The van der Waals surface area contributed by atoms with Crippen molar-refractivity contribution in [2.24, 2.45) is 5.73 Å². The molecular formula is C16H24BrNO3. The molecule has 1 aromatic carbocycles. The molecule has 0 amide bonds. The number of hydrogen-bond acceptors (Lipinski definition) is 4. The van der Waals surface area contributed by atoms with E-state index >= 15 is 0 Å². The smallest absolute Gasteiger partial charge is 0.175 e. The zero-order valence-corrected chi connectivity index (χ0v) is 14.3. The molecule has 0 aromatic heterocycles. The molecule has 0 aliphatic heterocycles. The Morgan fingerprint density at radius 2 is 2.00 bits per heavy atom. The molecule has 0 spiro atoms. The van der Waals surface area contributed by atoms with Crippen molar-refractivity contribution in [2.45, 2.75) is 44.3 Å². The maximum Gasteiger partial charge on any atom is 0.175 e. The highest BCUT2D eigenvalue weighted by Gasteiger charge is 2.25. The Morgan fingerprint density at radius 3 is 2.67 bits per heavy atom. The number of methoxy groups -OCH3 is 2. The van der Waals surface area contributed by atoms with Crippen LogP contribution in [-0.4, -0.2) is 33.0 Å². The van der Waals surface area contributed by atoms with Crippen molar-refractivity contribution in [2.75, 3.05) is 20.8 Å². The summed E-state index contributed by atoms with van der Waals surface area (Å²) in [5.74, 6) is 1.53. The van der Waals surface area contributed by atoms with Crippen molar-refractivity contribution in [1.82, 2.24) is 0 Å². The van der Waals surface area contributed by atoms with E-state index in [9.17, 15) is 0 Å². The van der Waals surface area contributed by atoms with E-state index in [0.29, 0.717) is 12.6 Å². The van der Waals surface area contributed by atoms with Crippen molar-refractivity contribution in [3.8, 4) is 11.5 Å². The number of halogens is 1. The molecule has 1 fully saturated rings. The van der Waals surface area contributed by atoms with E-state index in [4.69, 9.17) is 19.9 Å². The third kappa shape index (κ3) is 4.34.